The van der Waals surface area contributed by atoms with Crippen molar-refractivity contribution >= 4 is 29.1 Å². The predicted octanol–water partition coefficient (Wildman–Crippen LogP) is 5.15. The maximum absolute atomic E-state index is 12.9. The molecule has 1 aliphatic carbocycles. The fourth-order valence-corrected chi connectivity index (χ4v) is 4.42. The molecule has 1 unspecified atom stereocenters. The summed E-state index contributed by atoms with van der Waals surface area (Å²) < 4.78 is 0. The first kappa shape index (κ1) is 20.7. The van der Waals surface area contributed by atoms with Gasteiger partial charge in [-0.1, -0.05) is 61.2 Å². The summed E-state index contributed by atoms with van der Waals surface area (Å²) in [5, 5.41) is 6.54. The molecule has 0 saturated heterocycles. The molecular formula is C23H27ClN4O2. The Labute approximate surface area is 181 Å². The van der Waals surface area contributed by atoms with Gasteiger partial charge < -0.3 is 15.6 Å². The lowest BCUT2D eigenvalue weighted by atomic mass is 9.88. The number of imidazole rings is 1. The molecule has 7 heteroatoms. The van der Waals surface area contributed by atoms with Gasteiger partial charge in [0.15, 0.2) is 0 Å². The number of aromatic nitrogens is 2. The van der Waals surface area contributed by atoms with Gasteiger partial charge in [0, 0.05) is 17.9 Å². The molecule has 4 rings (SSSR count). The molecule has 2 bridgehead atoms. The number of benzene rings is 1. The van der Waals surface area contributed by atoms with Crippen LogP contribution in [0, 0.1) is 5.92 Å². The van der Waals surface area contributed by atoms with Gasteiger partial charge >= 0.3 is 0 Å². The number of carbonyl (C=O) groups excluding carboxylic acids is 2. The maximum atomic E-state index is 12.9. The Balaban J connectivity index is 1.66. The summed E-state index contributed by atoms with van der Waals surface area (Å²) in [6.45, 7) is 0. The van der Waals surface area contributed by atoms with Crippen LogP contribution in [0.25, 0.3) is 11.3 Å². The monoisotopic (exact) mass is 426 g/mol. The minimum Gasteiger partial charge on any atom is -0.346 e. The zero-order valence-electron chi connectivity index (χ0n) is 16.9. The summed E-state index contributed by atoms with van der Waals surface area (Å²) in [5.74, 6) is 0.730. The number of carbonyl (C=O) groups is 2. The standard InChI is InChI=1S/C23H27ClN4O2/c24-21-20-16-11-7-8-12-17(16)25-19(29)14-6-2-5-13-18(22(27-20)28-21)26-23(30)15-9-3-1-4-10-15/h2,5,7-8,11-12,15,18H,1,3-4,6,9-10,13-14H2,(H,25,29)(H,26,30)(H,27,28)/b5-2+. The molecule has 3 N–H and O–H groups in total. The Morgan fingerprint density at radius 3 is 2.77 bits per heavy atom. The van der Waals surface area contributed by atoms with Crippen molar-refractivity contribution in [3.8, 4) is 11.3 Å². The van der Waals surface area contributed by atoms with Crippen LogP contribution in [0.5, 0.6) is 0 Å². The highest BCUT2D eigenvalue weighted by molar-refractivity contribution is 6.32. The minimum absolute atomic E-state index is 0.0552. The van der Waals surface area contributed by atoms with E-state index in [0.717, 1.165) is 31.2 Å². The Kier molecular flexibility index (Phi) is 6.53. The van der Waals surface area contributed by atoms with E-state index in [4.69, 9.17) is 16.6 Å². The van der Waals surface area contributed by atoms with Crippen LogP contribution in [-0.4, -0.2) is 21.8 Å². The molecule has 0 radical (unpaired) electrons. The lowest BCUT2D eigenvalue weighted by molar-refractivity contribution is -0.126. The lowest BCUT2D eigenvalue weighted by Crippen LogP contribution is -2.35. The Hall–Kier alpha value is -2.60. The number of hydrogen-bond donors (Lipinski definition) is 3. The van der Waals surface area contributed by atoms with Crippen LogP contribution in [0.3, 0.4) is 0 Å². The van der Waals surface area contributed by atoms with Crippen molar-refractivity contribution in [2.45, 2.75) is 57.4 Å². The van der Waals surface area contributed by atoms with Gasteiger partial charge in [-0.3, -0.25) is 9.59 Å². The summed E-state index contributed by atoms with van der Waals surface area (Å²) in [4.78, 5) is 33.1. The van der Waals surface area contributed by atoms with E-state index in [-0.39, 0.29) is 23.8 Å². The third-order valence-corrected chi connectivity index (χ3v) is 6.11. The molecular weight excluding hydrogens is 400 g/mol. The first-order valence-electron chi connectivity index (χ1n) is 10.7. The smallest absolute Gasteiger partial charge is 0.224 e. The summed E-state index contributed by atoms with van der Waals surface area (Å²) in [5.41, 5.74) is 2.00. The van der Waals surface area contributed by atoms with E-state index in [1.54, 1.807) is 0 Å². The first-order chi connectivity index (χ1) is 14.6. The van der Waals surface area contributed by atoms with Crippen molar-refractivity contribution in [2.75, 3.05) is 5.32 Å². The molecule has 1 aliphatic heterocycles. The largest absolute Gasteiger partial charge is 0.346 e. The molecule has 158 valence electrons. The van der Waals surface area contributed by atoms with E-state index in [1.807, 2.05) is 36.4 Å². The molecule has 2 aromatic rings. The van der Waals surface area contributed by atoms with E-state index in [9.17, 15) is 9.59 Å². The first-order valence-corrected chi connectivity index (χ1v) is 11.1. The number of rotatable bonds is 2. The number of allylic oxidation sites excluding steroid dienone is 1. The zero-order chi connectivity index (χ0) is 20.9. The van der Waals surface area contributed by atoms with Crippen molar-refractivity contribution in [3.05, 3.63) is 47.4 Å². The molecule has 30 heavy (non-hydrogen) atoms. The van der Waals surface area contributed by atoms with Crippen LogP contribution < -0.4 is 10.6 Å². The van der Waals surface area contributed by atoms with E-state index < -0.39 is 0 Å². The van der Waals surface area contributed by atoms with Crippen LogP contribution in [-0.2, 0) is 9.59 Å². The van der Waals surface area contributed by atoms with Crippen molar-refractivity contribution in [1.29, 1.82) is 0 Å². The van der Waals surface area contributed by atoms with Crippen LogP contribution in [0.2, 0.25) is 5.15 Å². The lowest BCUT2D eigenvalue weighted by Gasteiger charge is -2.23. The average Bonchev–Trinajstić information content (AvgIpc) is 3.14. The number of amides is 2. The van der Waals surface area contributed by atoms with Crippen molar-refractivity contribution in [3.63, 3.8) is 0 Å². The number of aromatic amines is 1. The number of nitrogens with zero attached hydrogens (tertiary/aromatic N) is 1. The van der Waals surface area contributed by atoms with Crippen LogP contribution >= 0.6 is 11.6 Å². The van der Waals surface area contributed by atoms with Gasteiger partial charge in [-0.2, -0.15) is 0 Å². The van der Waals surface area contributed by atoms with Gasteiger partial charge in [-0.05, 0) is 31.7 Å². The van der Waals surface area contributed by atoms with Gasteiger partial charge in [-0.25, -0.2) is 4.98 Å². The van der Waals surface area contributed by atoms with Crippen molar-refractivity contribution in [2.24, 2.45) is 5.92 Å². The molecule has 2 heterocycles. The Bertz CT molecular complexity index is 946. The number of H-pyrrole nitrogens is 1. The quantitative estimate of drug-likeness (QED) is 0.580. The second-order valence-corrected chi connectivity index (χ2v) is 8.40. The topological polar surface area (TPSA) is 86.9 Å². The Morgan fingerprint density at radius 2 is 1.93 bits per heavy atom. The number of nitrogens with one attached hydrogen (secondary N) is 3. The number of para-hydroxylation sites is 1. The van der Waals surface area contributed by atoms with Crippen molar-refractivity contribution in [1.82, 2.24) is 15.3 Å². The van der Waals surface area contributed by atoms with Crippen molar-refractivity contribution < 1.29 is 9.59 Å². The molecule has 1 fully saturated rings. The minimum atomic E-state index is -0.293. The SMILES string of the molecule is O=C1CC/C=C/CC(NC(=O)C2CCCCC2)c2nc(c(Cl)[nH]2)-c2ccccc2N1. The van der Waals surface area contributed by atoms with E-state index >= 15 is 0 Å². The number of halogens is 1. The molecule has 6 nitrogen and oxygen atoms in total. The van der Waals surface area contributed by atoms with E-state index in [0.29, 0.717) is 41.6 Å². The van der Waals surface area contributed by atoms with Crippen LogP contribution in [0.4, 0.5) is 5.69 Å². The second kappa shape index (κ2) is 9.47. The van der Waals surface area contributed by atoms with Crippen LogP contribution in [0.1, 0.15) is 63.2 Å². The zero-order valence-corrected chi connectivity index (χ0v) is 17.7. The third kappa shape index (κ3) is 4.75. The summed E-state index contributed by atoms with van der Waals surface area (Å²) in [6, 6.07) is 7.19. The number of anilines is 1. The highest BCUT2D eigenvalue weighted by atomic mass is 35.5. The summed E-state index contributed by atoms with van der Waals surface area (Å²) in [7, 11) is 0. The second-order valence-electron chi connectivity index (χ2n) is 8.02. The number of fused-ring (bicyclic) bond motifs is 4. The van der Waals surface area contributed by atoms with E-state index in [1.165, 1.54) is 6.42 Å². The highest BCUT2D eigenvalue weighted by Gasteiger charge is 2.26. The number of hydrogen-bond acceptors (Lipinski definition) is 3. The molecule has 1 aromatic heterocycles. The Morgan fingerprint density at radius 1 is 1.13 bits per heavy atom. The summed E-state index contributed by atoms with van der Waals surface area (Å²) in [6.07, 6.45) is 10.9. The average molecular weight is 427 g/mol. The van der Waals surface area contributed by atoms with Gasteiger partial charge in [0.05, 0.1) is 11.7 Å². The molecule has 0 spiro atoms. The molecule has 1 aromatic carbocycles. The maximum Gasteiger partial charge on any atom is 0.224 e. The molecule has 1 saturated carbocycles. The van der Waals surface area contributed by atoms with Crippen LogP contribution in [0.15, 0.2) is 36.4 Å². The van der Waals surface area contributed by atoms with Gasteiger partial charge in [0.1, 0.15) is 16.7 Å². The fraction of sp³-hybridized carbons (Fsp3) is 0.435. The molecule has 2 aliphatic rings. The van der Waals surface area contributed by atoms with Gasteiger partial charge in [0.25, 0.3) is 0 Å². The fourth-order valence-electron chi connectivity index (χ4n) is 4.18. The summed E-state index contributed by atoms with van der Waals surface area (Å²) >= 11 is 6.50. The normalized spacial score (nSPS) is 21.4. The third-order valence-electron chi connectivity index (χ3n) is 5.83. The highest BCUT2D eigenvalue weighted by Crippen LogP contribution is 2.34. The molecule has 2 amide bonds. The van der Waals surface area contributed by atoms with Gasteiger partial charge in [-0.15, -0.1) is 0 Å². The molecule has 1 atom stereocenters. The van der Waals surface area contributed by atoms with E-state index in [2.05, 4.69) is 15.6 Å². The predicted molar refractivity (Wildman–Crippen MR) is 118 cm³/mol. The van der Waals surface area contributed by atoms with Gasteiger partial charge in [0.2, 0.25) is 11.8 Å².